The molecular formula is C13H15NO6. The van der Waals surface area contributed by atoms with Crippen LogP contribution in [0.4, 0.5) is 4.79 Å². The van der Waals surface area contributed by atoms with Gasteiger partial charge in [0.25, 0.3) is 0 Å². The summed E-state index contributed by atoms with van der Waals surface area (Å²) in [5.74, 6) is -1.71. The Balaban J connectivity index is 2.13. The number of aliphatic carboxylic acids is 1. The van der Waals surface area contributed by atoms with E-state index in [4.69, 9.17) is 9.84 Å². The molecular weight excluding hydrogens is 266 g/mol. The first-order valence-corrected chi connectivity index (χ1v) is 5.96. The van der Waals surface area contributed by atoms with E-state index in [9.17, 15) is 14.4 Å². The number of carboxylic acid groups (broad SMARTS) is 1. The third-order valence-corrected chi connectivity index (χ3v) is 2.23. The van der Waals surface area contributed by atoms with Gasteiger partial charge in [-0.1, -0.05) is 30.3 Å². The van der Waals surface area contributed by atoms with Crippen LogP contribution < -0.4 is 5.48 Å². The van der Waals surface area contributed by atoms with Gasteiger partial charge >= 0.3 is 18.0 Å². The average molecular weight is 281 g/mol. The molecule has 0 fully saturated rings. The fraction of sp³-hybridized carbons (Fsp3) is 0.308. The third-order valence-electron chi connectivity index (χ3n) is 2.23. The van der Waals surface area contributed by atoms with E-state index in [-0.39, 0.29) is 25.9 Å². The van der Waals surface area contributed by atoms with Gasteiger partial charge in [-0.15, -0.1) is 5.48 Å². The van der Waals surface area contributed by atoms with Gasteiger partial charge in [-0.3, -0.25) is 4.79 Å². The van der Waals surface area contributed by atoms with Gasteiger partial charge in [-0.05, 0) is 12.0 Å². The van der Waals surface area contributed by atoms with Crippen LogP contribution in [-0.2, 0) is 25.8 Å². The van der Waals surface area contributed by atoms with Crippen LogP contribution in [0.25, 0.3) is 0 Å². The van der Waals surface area contributed by atoms with Crippen molar-refractivity contribution in [2.75, 3.05) is 0 Å². The monoisotopic (exact) mass is 281 g/mol. The Hall–Kier alpha value is -2.57. The lowest BCUT2D eigenvalue weighted by atomic mass is 10.2. The molecule has 108 valence electrons. The lowest BCUT2D eigenvalue weighted by Gasteiger charge is -2.06. The first-order valence-electron chi connectivity index (χ1n) is 5.96. The van der Waals surface area contributed by atoms with E-state index in [1.54, 1.807) is 24.3 Å². The standard InChI is InChI=1S/C13H15NO6/c15-11(16)7-4-8-12(17)20-14-13(18)19-9-10-5-2-1-3-6-10/h1-3,5-6H,4,7-9H2,(H,14,18)(H,15,16). The van der Waals surface area contributed by atoms with Crippen molar-refractivity contribution in [3.63, 3.8) is 0 Å². The zero-order valence-electron chi connectivity index (χ0n) is 10.7. The number of benzene rings is 1. The molecule has 1 rings (SSSR count). The summed E-state index contributed by atoms with van der Waals surface area (Å²) < 4.78 is 4.80. The van der Waals surface area contributed by atoms with Crippen molar-refractivity contribution in [3.8, 4) is 0 Å². The largest absolute Gasteiger partial charge is 0.481 e. The summed E-state index contributed by atoms with van der Waals surface area (Å²) in [4.78, 5) is 37.0. The van der Waals surface area contributed by atoms with E-state index in [2.05, 4.69) is 4.84 Å². The van der Waals surface area contributed by atoms with E-state index < -0.39 is 18.0 Å². The molecule has 0 aliphatic carbocycles. The number of amides is 1. The molecule has 0 aliphatic rings. The molecule has 0 bridgehead atoms. The molecule has 0 heterocycles. The number of carbonyl (C=O) groups is 3. The maximum atomic E-state index is 11.2. The Morgan fingerprint density at radius 2 is 1.80 bits per heavy atom. The summed E-state index contributed by atoms with van der Waals surface area (Å²) in [6.45, 7) is 0.0588. The Labute approximate surface area is 115 Å². The predicted molar refractivity (Wildman–Crippen MR) is 67.3 cm³/mol. The number of hydroxylamine groups is 1. The fourth-order valence-corrected chi connectivity index (χ4v) is 1.29. The van der Waals surface area contributed by atoms with Crippen LogP contribution in [0.15, 0.2) is 30.3 Å². The fourth-order valence-electron chi connectivity index (χ4n) is 1.29. The van der Waals surface area contributed by atoms with Gasteiger partial charge in [0.1, 0.15) is 6.61 Å². The number of hydrogen-bond donors (Lipinski definition) is 2. The smallest absolute Gasteiger partial charge is 0.441 e. The Morgan fingerprint density at radius 1 is 1.10 bits per heavy atom. The van der Waals surface area contributed by atoms with Gasteiger partial charge in [-0.2, -0.15) is 0 Å². The van der Waals surface area contributed by atoms with Crippen molar-refractivity contribution in [3.05, 3.63) is 35.9 Å². The first-order chi connectivity index (χ1) is 9.58. The predicted octanol–water partition coefficient (Wildman–Crippen LogP) is 1.63. The Morgan fingerprint density at radius 3 is 2.45 bits per heavy atom. The van der Waals surface area contributed by atoms with Crippen LogP contribution in [0.1, 0.15) is 24.8 Å². The molecule has 7 heteroatoms. The number of nitrogens with one attached hydrogen (secondary N) is 1. The quantitative estimate of drug-likeness (QED) is 0.768. The highest BCUT2D eigenvalue weighted by Crippen LogP contribution is 2.01. The second kappa shape index (κ2) is 8.52. The van der Waals surface area contributed by atoms with Crippen LogP contribution in [0, 0.1) is 0 Å². The lowest BCUT2D eigenvalue weighted by molar-refractivity contribution is -0.150. The minimum atomic E-state index is -0.993. The molecule has 0 saturated heterocycles. The SMILES string of the molecule is O=C(O)CCCC(=O)ONC(=O)OCc1ccccc1. The maximum Gasteiger partial charge on any atom is 0.441 e. The van der Waals surface area contributed by atoms with E-state index >= 15 is 0 Å². The zero-order valence-corrected chi connectivity index (χ0v) is 10.7. The number of carbonyl (C=O) groups excluding carboxylic acids is 2. The van der Waals surface area contributed by atoms with Crippen molar-refractivity contribution in [1.29, 1.82) is 0 Å². The highest BCUT2D eigenvalue weighted by Gasteiger charge is 2.08. The van der Waals surface area contributed by atoms with Crippen molar-refractivity contribution in [1.82, 2.24) is 5.48 Å². The summed E-state index contributed by atoms with van der Waals surface area (Å²) >= 11 is 0. The van der Waals surface area contributed by atoms with E-state index in [0.717, 1.165) is 5.56 Å². The molecule has 0 atom stereocenters. The zero-order chi connectivity index (χ0) is 14.8. The molecule has 0 radical (unpaired) electrons. The van der Waals surface area contributed by atoms with Gasteiger partial charge < -0.3 is 14.7 Å². The molecule has 20 heavy (non-hydrogen) atoms. The highest BCUT2D eigenvalue weighted by atomic mass is 16.7. The van der Waals surface area contributed by atoms with Crippen molar-refractivity contribution in [2.45, 2.75) is 25.9 Å². The number of hydrogen-bond acceptors (Lipinski definition) is 5. The molecule has 0 saturated carbocycles. The van der Waals surface area contributed by atoms with Crippen molar-refractivity contribution in [2.24, 2.45) is 0 Å². The third kappa shape index (κ3) is 7.00. The Kier molecular flexibility index (Phi) is 6.60. The number of carboxylic acids is 1. The number of ether oxygens (including phenoxy) is 1. The van der Waals surface area contributed by atoms with Crippen molar-refractivity contribution < 1.29 is 29.1 Å². The van der Waals surface area contributed by atoms with Gasteiger partial charge in [0, 0.05) is 12.8 Å². The second-order valence-corrected chi connectivity index (χ2v) is 3.89. The van der Waals surface area contributed by atoms with Crippen LogP contribution >= 0.6 is 0 Å². The average Bonchev–Trinajstić information content (AvgIpc) is 2.43. The van der Waals surface area contributed by atoms with Crippen LogP contribution in [0.2, 0.25) is 0 Å². The number of rotatable bonds is 6. The molecule has 1 aromatic rings. The molecule has 1 aromatic carbocycles. The maximum absolute atomic E-state index is 11.2. The molecule has 0 unspecified atom stereocenters. The lowest BCUT2D eigenvalue weighted by Crippen LogP contribution is -2.27. The van der Waals surface area contributed by atoms with Crippen LogP contribution in [0.3, 0.4) is 0 Å². The normalized spacial score (nSPS) is 9.60. The van der Waals surface area contributed by atoms with E-state index in [1.165, 1.54) is 0 Å². The van der Waals surface area contributed by atoms with E-state index in [1.807, 2.05) is 11.5 Å². The minimum absolute atomic E-state index is 0.0588. The van der Waals surface area contributed by atoms with E-state index in [0.29, 0.717) is 0 Å². The summed E-state index contributed by atoms with van der Waals surface area (Å²) in [6, 6.07) is 9.01. The highest BCUT2D eigenvalue weighted by molar-refractivity contribution is 5.74. The first kappa shape index (κ1) is 15.5. The second-order valence-electron chi connectivity index (χ2n) is 3.89. The summed E-state index contributed by atoms with van der Waals surface area (Å²) in [6.07, 6.45) is -0.964. The molecule has 0 aliphatic heterocycles. The molecule has 0 spiro atoms. The van der Waals surface area contributed by atoms with Crippen LogP contribution in [0.5, 0.6) is 0 Å². The topological polar surface area (TPSA) is 102 Å². The summed E-state index contributed by atoms with van der Waals surface area (Å²) in [5.41, 5.74) is 2.63. The van der Waals surface area contributed by atoms with Gasteiger partial charge in [-0.25, -0.2) is 9.59 Å². The Bertz CT molecular complexity index is 459. The van der Waals surface area contributed by atoms with Gasteiger partial charge in [0.15, 0.2) is 0 Å². The summed E-state index contributed by atoms with van der Waals surface area (Å²) in [7, 11) is 0. The summed E-state index contributed by atoms with van der Waals surface area (Å²) in [5, 5.41) is 8.38. The minimum Gasteiger partial charge on any atom is -0.481 e. The van der Waals surface area contributed by atoms with Gasteiger partial charge in [0.05, 0.1) is 0 Å². The molecule has 7 nitrogen and oxygen atoms in total. The van der Waals surface area contributed by atoms with Gasteiger partial charge in [0.2, 0.25) is 0 Å². The molecule has 2 N–H and O–H groups in total. The molecule has 1 amide bonds. The van der Waals surface area contributed by atoms with Crippen molar-refractivity contribution >= 4 is 18.0 Å². The van der Waals surface area contributed by atoms with Crippen LogP contribution in [-0.4, -0.2) is 23.1 Å². The molecule has 0 aromatic heterocycles.